The molecule has 0 bridgehead atoms. The molecular formula is C23H23N3O3. The van der Waals surface area contributed by atoms with E-state index in [2.05, 4.69) is 5.32 Å². The molecule has 2 heterocycles. The summed E-state index contributed by atoms with van der Waals surface area (Å²) in [6, 6.07) is 17.3. The number of benzene rings is 2. The maximum atomic E-state index is 13.1. The average Bonchev–Trinajstić information content (AvgIpc) is 3.52. The number of carbonyl (C=O) groups is 1. The lowest BCUT2D eigenvalue weighted by molar-refractivity contribution is 0.0932. The van der Waals surface area contributed by atoms with Crippen molar-refractivity contribution in [1.29, 1.82) is 0 Å². The molecule has 148 valence electrons. The van der Waals surface area contributed by atoms with E-state index in [9.17, 15) is 4.79 Å². The van der Waals surface area contributed by atoms with Crippen molar-refractivity contribution >= 4 is 5.91 Å². The van der Waals surface area contributed by atoms with Gasteiger partial charge in [-0.25, -0.2) is 4.68 Å². The average molecular weight is 389 g/mol. The first-order valence-electron chi connectivity index (χ1n) is 10.0. The van der Waals surface area contributed by atoms with E-state index >= 15 is 0 Å². The van der Waals surface area contributed by atoms with Crippen molar-refractivity contribution < 1.29 is 14.3 Å². The summed E-state index contributed by atoms with van der Waals surface area (Å²) in [5, 5.41) is 7.83. The Balaban J connectivity index is 1.40. The van der Waals surface area contributed by atoms with Gasteiger partial charge in [0.05, 0.1) is 17.4 Å². The first-order valence-corrected chi connectivity index (χ1v) is 10.0. The molecule has 3 aromatic rings. The molecule has 0 radical (unpaired) electrons. The highest BCUT2D eigenvalue weighted by atomic mass is 16.6. The van der Waals surface area contributed by atoms with Crippen LogP contribution in [0.15, 0.2) is 54.6 Å². The maximum Gasteiger partial charge on any atom is 0.270 e. The van der Waals surface area contributed by atoms with Crippen LogP contribution in [0.3, 0.4) is 0 Å². The minimum absolute atomic E-state index is 0.143. The number of hydrogen-bond donors (Lipinski definition) is 1. The Hall–Kier alpha value is -3.28. The second-order valence-electron chi connectivity index (χ2n) is 7.57. The summed E-state index contributed by atoms with van der Waals surface area (Å²) in [6.45, 7) is 3.07. The lowest BCUT2D eigenvalue weighted by Crippen LogP contribution is -2.28. The number of carbonyl (C=O) groups excluding carboxylic acids is 1. The Morgan fingerprint density at radius 2 is 1.83 bits per heavy atom. The number of ether oxygens (including phenoxy) is 2. The van der Waals surface area contributed by atoms with Crippen molar-refractivity contribution in [2.45, 2.75) is 31.7 Å². The molecule has 1 aromatic heterocycles. The zero-order chi connectivity index (χ0) is 19.8. The van der Waals surface area contributed by atoms with Crippen molar-refractivity contribution in [3.63, 3.8) is 0 Å². The molecule has 6 heteroatoms. The fraction of sp³-hybridized carbons (Fsp3) is 0.304. The summed E-state index contributed by atoms with van der Waals surface area (Å²) in [5.41, 5.74) is 3.40. The SMILES string of the molecule is CC(NC(=O)c1cc(C2CC2)nn1-c1ccccc1)c1ccc2c(c1)OCCO2. The van der Waals surface area contributed by atoms with Crippen LogP contribution in [-0.4, -0.2) is 28.9 Å². The zero-order valence-corrected chi connectivity index (χ0v) is 16.3. The molecule has 1 atom stereocenters. The molecule has 1 unspecified atom stereocenters. The van der Waals surface area contributed by atoms with Crippen LogP contribution in [0, 0.1) is 0 Å². The summed E-state index contributed by atoms with van der Waals surface area (Å²) >= 11 is 0. The molecule has 1 amide bonds. The number of aromatic nitrogens is 2. The summed E-state index contributed by atoms with van der Waals surface area (Å²) < 4.78 is 13.0. The highest BCUT2D eigenvalue weighted by molar-refractivity contribution is 5.93. The van der Waals surface area contributed by atoms with Crippen LogP contribution >= 0.6 is 0 Å². The maximum absolute atomic E-state index is 13.1. The lowest BCUT2D eigenvalue weighted by Gasteiger charge is -2.21. The minimum Gasteiger partial charge on any atom is -0.486 e. The van der Waals surface area contributed by atoms with Gasteiger partial charge in [-0.05, 0) is 55.7 Å². The van der Waals surface area contributed by atoms with E-state index in [1.807, 2.05) is 61.5 Å². The molecule has 1 aliphatic heterocycles. The fourth-order valence-electron chi connectivity index (χ4n) is 3.59. The van der Waals surface area contributed by atoms with E-state index in [4.69, 9.17) is 14.6 Å². The smallest absolute Gasteiger partial charge is 0.270 e. The van der Waals surface area contributed by atoms with Crippen LogP contribution in [0.1, 0.15) is 53.5 Å². The van der Waals surface area contributed by atoms with Crippen molar-refractivity contribution in [1.82, 2.24) is 15.1 Å². The molecule has 1 fully saturated rings. The topological polar surface area (TPSA) is 65.4 Å². The molecule has 29 heavy (non-hydrogen) atoms. The van der Waals surface area contributed by atoms with Gasteiger partial charge in [-0.2, -0.15) is 5.10 Å². The second kappa shape index (κ2) is 7.28. The molecule has 1 aliphatic carbocycles. The third kappa shape index (κ3) is 3.58. The van der Waals surface area contributed by atoms with Crippen molar-refractivity contribution in [3.8, 4) is 17.2 Å². The Bertz CT molecular complexity index is 1040. The van der Waals surface area contributed by atoms with E-state index in [1.54, 1.807) is 4.68 Å². The second-order valence-corrected chi connectivity index (χ2v) is 7.57. The molecular weight excluding hydrogens is 366 g/mol. The molecule has 6 nitrogen and oxygen atoms in total. The van der Waals surface area contributed by atoms with Crippen LogP contribution in [0.5, 0.6) is 11.5 Å². The summed E-state index contributed by atoms with van der Waals surface area (Å²) in [6.07, 6.45) is 2.28. The van der Waals surface area contributed by atoms with Crippen molar-refractivity contribution in [2.75, 3.05) is 13.2 Å². The van der Waals surface area contributed by atoms with Gasteiger partial charge in [-0.3, -0.25) is 4.79 Å². The van der Waals surface area contributed by atoms with Gasteiger partial charge in [-0.1, -0.05) is 24.3 Å². The number of para-hydroxylation sites is 1. The monoisotopic (exact) mass is 389 g/mol. The van der Waals surface area contributed by atoms with Gasteiger partial charge >= 0.3 is 0 Å². The molecule has 1 N–H and O–H groups in total. The number of amides is 1. The van der Waals surface area contributed by atoms with Gasteiger partial charge in [-0.15, -0.1) is 0 Å². The van der Waals surface area contributed by atoms with Gasteiger partial charge in [0.15, 0.2) is 11.5 Å². The largest absolute Gasteiger partial charge is 0.486 e. The van der Waals surface area contributed by atoms with Crippen molar-refractivity contribution in [3.05, 3.63) is 71.5 Å². The van der Waals surface area contributed by atoms with E-state index in [-0.39, 0.29) is 11.9 Å². The van der Waals surface area contributed by atoms with Crippen LogP contribution in [-0.2, 0) is 0 Å². The highest BCUT2D eigenvalue weighted by Crippen LogP contribution is 2.40. The first kappa shape index (κ1) is 17.8. The van der Waals surface area contributed by atoms with Crippen LogP contribution in [0.2, 0.25) is 0 Å². The van der Waals surface area contributed by atoms with Gasteiger partial charge in [0, 0.05) is 5.92 Å². The molecule has 5 rings (SSSR count). The normalized spacial score (nSPS) is 16.3. The standard InChI is InChI=1S/C23H23N3O3/c1-15(17-9-10-21-22(13-17)29-12-11-28-21)24-23(27)20-14-19(16-7-8-16)25-26(20)18-5-3-2-4-6-18/h2-6,9-10,13-16H,7-8,11-12H2,1H3,(H,24,27). The molecule has 2 aliphatic rings. The Morgan fingerprint density at radius 1 is 1.07 bits per heavy atom. The van der Waals surface area contributed by atoms with Crippen LogP contribution in [0.4, 0.5) is 0 Å². The predicted octanol–water partition coefficient (Wildman–Crippen LogP) is 4.01. The number of rotatable bonds is 5. The van der Waals surface area contributed by atoms with Crippen LogP contribution < -0.4 is 14.8 Å². The fourth-order valence-corrected chi connectivity index (χ4v) is 3.59. The van der Waals surface area contributed by atoms with E-state index < -0.39 is 0 Å². The molecule has 0 spiro atoms. The Kier molecular flexibility index (Phi) is 4.46. The number of nitrogens with one attached hydrogen (secondary N) is 1. The number of nitrogens with zero attached hydrogens (tertiary/aromatic N) is 2. The lowest BCUT2D eigenvalue weighted by atomic mass is 10.1. The van der Waals surface area contributed by atoms with Gasteiger partial charge in [0.25, 0.3) is 5.91 Å². The van der Waals surface area contributed by atoms with Crippen LogP contribution in [0.25, 0.3) is 5.69 Å². The summed E-state index contributed by atoms with van der Waals surface area (Å²) in [5.74, 6) is 1.80. The zero-order valence-electron chi connectivity index (χ0n) is 16.3. The van der Waals surface area contributed by atoms with Gasteiger partial charge < -0.3 is 14.8 Å². The van der Waals surface area contributed by atoms with Crippen molar-refractivity contribution in [2.24, 2.45) is 0 Å². The predicted molar refractivity (Wildman–Crippen MR) is 109 cm³/mol. The molecule has 2 aromatic carbocycles. The van der Waals surface area contributed by atoms with E-state index in [1.165, 1.54) is 0 Å². The molecule has 1 saturated carbocycles. The quantitative estimate of drug-likeness (QED) is 0.716. The number of hydrogen-bond acceptors (Lipinski definition) is 4. The summed E-state index contributed by atoms with van der Waals surface area (Å²) in [4.78, 5) is 13.1. The first-order chi connectivity index (χ1) is 14.2. The third-order valence-corrected chi connectivity index (χ3v) is 5.37. The van der Waals surface area contributed by atoms with E-state index in [0.29, 0.717) is 24.8 Å². The third-order valence-electron chi connectivity index (χ3n) is 5.37. The Labute approximate surface area is 169 Å². The highest BCUT2D eigenvalue weighted by Gasteiger charge is 2.29. The number of fused-ring (bicyclic) bond motifs is 1. The molecule has 0 saturated heterocycles. The van der Waals surface area contributed by atoms with Gasteiger partial charge in [0.1, 0.15) is 18.9 Å². The van der Waals surface area contributed by atoms with Gasteiger partial charge in [0.2, 0.25) is 0 Å². The van der Waals surface area contributed by atoms with E-state index in [0.717, 1.165) is 41.3 Å². The Morgan fingerprint density at radius 3 is 2.59 bits per heavy atom. The summed E-state index contributed by atoms with van der Waals surface area (Å²) in [7, 11) is 0. The minimum atomic E-state index is -0.179.